The van der Waals surface area contributed by atoms with Gasteiger partial charge >= 0.3 is 0 Å². The first-order chi connectivity index (χ1) is 11.7. The number of hydrogen-bond acceptors (Lipinski definition) is 6. The molecule has 0 saturated heterocycles. The molecule has 2 aromatic carbocycles. The van der Waals surface area contributed by atoms with E-state index >= 15 is 0 Å². The first kappa shape index (κ1) is 13.5. The number of guanidine groups is 1. The Bertz CT molecular complexity index is 1010. The van der Waals surface area contributed by atoms with E-state index in [0.29, 0.717) is 28.4 Å². The highest BCUT2D eigenvalue weighted by Crippen LogP contribution is 2.43. The molecule has 120 valence electrons. The molecule has 0 radical (unpaired) electrons. The molecule has 3 heterocycles. The molecule has 1 unspecified atom stereocenters. The van der Waals surface area contributed by atoms with E-state index in [0.717, 1.165) is 16.6 Å². The molecule has 1 aromatic heterocycles. The average molecular weight is 342 g/mol. The third-order valence-electron chi connectivity index (χ3n) is 4.09. The van der Waals surface area contributed by atoms with Crippen molar-refractivity contribution in [2.24, 2.45) is 10.7 Å². The van der Waals surface area contributed by atoms with Crippen LogP contribution in [-0.4, -0.2) is 22.3 Å². The molecule has 0 amide bonds. The van der Waals surface area contributed by atoms with E-state index in [1.807, 2.05) is 41.0 Å². The van der Waals surface area contributed by atoms with E-state index in [2.05, 4.69) is 15.3 Å². The van der Waals surface area contributed by atoms with E-state index in [1.54, 1.807) is 0 Å². The van der Waals surface area contributed by atoms with Gasteiger partial charge in [0.1, 0.15) is 0 Å². The molecule has 2 aliphatic rings. The van der Waals surface area contributed by atoms with Gasteiger partial charge in [-0.15, -0.1) is 0 Å². The summed E-state index contributed by atoms with van der Waals surface area (Å²) < 4.78 is 12.8. The second kappa shape index (κ2) is 4.78. The predicted molar refractivity (Wildman–Crippen MR) is 90.7 cm³/mol. The van der Waals surface area contributed by atoms with Crippen LogP contribution in [0, 0.1) is 0 Å². The van der Waals surface area contributed by atoms with Gasteiger partial charge in [-0.3, -0.25) is 9.88 Å². The van der Waals surface area contributed by atoms with Crippen molar-refractivity contribution in [3.05, 3.63) is 47.0 Å². The van der Waals surface area contributed by atoms with Crippen molar-refractivity contribution in [3.8, 4) is 11.5 Å². The van der Waals surface area contributed by atoms with E-state index in [-0.39, 0.29) is 13.0 Å². The van der Waals surface area contributed by atoms with E-state index in [4.69, 9.17) is 26.8 Å². The molecule has 3 aromatic rings. The summed E-state index contributed by atoms with van der Waals surface area (Å²) in [5, 5.41) is 3.49. The van der Waals surface area contributed by atoms with Crippen LogP contribution in [0.2, 0.25) is 5.02 Å². The maximum Gasteiger partial charge on any atom is 0.231 e. The smallest absolute Gasteiger partial charge is 0.231 e. The number of aliphatic imine (C=N–C) groups is 1. The number of nitrogens with one attached hydrogen (secondary N) is 1. The van der Waals surface area contributed by atoms with E-state index in [9.17, 15) is 0 Å². The topological polar surface area (TPSA) is 86.7 Å². The Labute approximate surface area is 141 Å². The van der Waals surface area contributed by atoms with Crippen LogP contribution in [0.5, 0.6) is 11.5 Å². The van der Waals surface area contributed by atoms with Crippen LogP contribution >= 0.6 is 11.6 Å². The Morgan fingerprint density at radius 2 is 2.12 bits per heavy atom. The number of para-hydroxylation sites is 2. The van der Waals surface area contributed by atoms with Gasteiger partial charge in [0.05, 0.1) is 16.1 Å². The first-order valence-corrected chi connectivity index (χ1v) is 7.75. The average Bonchev–Trinajstić information content (AvgIpc) is 3.17. The highest BCUT2D eigenvalue weighted by Gasteiger charge is 2.28. The summed E-state index contributed by atoms with van der Waals surface area (Å²) in [7, 11) is 0. The van der Waals surface area contributed by atoms with Gasteiger partial charge in [-0.1, -0.05) is 23.7 Å². The monoisotopic (exact) mass is 341 g/mol. The molecule has 5 rings (SSSR count). The highest BCUT2D eigenvalue weighted by molar-refractivity contribution is 6.32. The number of rotatable bonds is 1. The molecule has 0 spiro atoms. The Kier molecular flexibility index (Phi) is 2.69. The van der Waals surface area contributed by atoms with Crippen LogP contribution < -0.4 is 20.5 Å². The molecule has 1 atom stereocenters. The van der Waals surface area contributed by atoms with Gasteiger partial charge in [-0.25, -0.2) is 9.98 Å². The number of ether oxygens (including phenoxy) is 2. The highest BCUT2D eigenvalue weighted by atomic mass is 35.5. The lowest BCUT2D eigenvalue weighted by atomic mass is 10.1. The summed E-state index contributed by atoms with van der Waals surface area (Å²) in [4.78, 5) is 9.11. The Hall–Kier alpha value is -2.93. The normalized spacial score (nSPS) is 18.2. The van der Waals surface area contributed by atoms with Gasteiger partial charge in [0, 0.05) is 5.56 Å². The second-order valence-corrected chi connectivity index (χ2v) is 5.95. The zero-order chi connectivity index (χ0) is 16.3. The molecule has 7 nitrogen and oxygen atoms in total. The molecular formula is C16H12ClN5O2. The number of hydrogen-bond donors (Lipinski definition) is 2. The minimum Gasteiger partial charge on any atom is -0.454 e. The molecule has 8 heteroatoms. The number of anilines is 1. The summed E-state index contributed by atoms with van der Waals surface area (Å²) in [5.74, 6) is 2.11. The third-order valence-corrected chi connectivity index (χ3v) is 4.37. The van der Waals surface area contributed by atoms with Gasteiger partial charge in [0.2, 0.25) is 12.7 Å². The lowest BCUT2D eigenvalue weighted by Gasteiger charge is -2.24. The first-order valence-electron chi connectivity index (χ1n) is 7.37. The number of fused-ring (bicyclic) bond motifs is 4. The standard InChI is InChI=1S/C16H12ClN5O2/c17-9-5-8(6-12-13(9)24-7-23-12)14-20-15(18)21-16-19-10-3-1-2-4-11(10)22(14)16/h1-6,14H,7H2,(H3,18,19,20,21). The summed E-state index contributed by atoms with van der Waals surface area (Å²) in [5.41, 5.74) is 8.61. The minimum atomic E-state index is -0.388. The van der Waals surface area contributed by atoms with Crippen LogP contribution in [0.15, 0.2) is 41.4 Å². The van der Waals surface area contributed by atoms with Crippen LogP contribution in [0.1, 0.15) is 11.7 Å². The fourth-order valence-electron chi connectivity index (χ4n) is 3.08. The van der Waals surface area contributed by atoms with Gasteiger partial charge in [0.15, 0.2) is 23.6 Å². The zero-order valence-electron chi connectivity index (χ0n) is 12.4. The number of halogens is 1. The fourth-order valence-corrected chi connectivity index (χ4v) is 3.35. The molecule has 0 fully saturated rings. The molecule has 2 aliphatic heterocycles. The molecular weight excluding hydrogens is 330 g/mol. The Morgan fingerprint density at radius 1 is 1.25 bits per heavy atom. The van der Waals surface area contributed by atoms with Crippen LogP contribution in [0.4, 0.5) is 5.95 Å². The number of nitrogens with two attached hydrogens (primary N) is 1. The van der Waals surface area contributed by atoms with E-state index in [1.165, 1.54) is 0 Å². The van der Waals surface area contributed by atoms with Crippen molar-refractivity contribution < 1.29 is 9.47 Å². The lowest BCUT2D eigenvalue weighted by molar-refractivity contribution is 0.174. The second-order valence-electron chi connectivity index (χ2n) is 5.54. The largest absolute Gasteiger partial charge is 0.454 e. The number of nitrogens with zero attached hydrogens (tertiary/aromatic N) is 3. The number of aromatic nitrogens is 2. The lowest BCUT2D eigenvalue weighted by Crippen LogP contribution is -2.31. The summed E-state index contributed by atoms with van der Waals surface area (Å²) in [6.07, 6.45) is -0.388. The maximum absolute atomic E-state index is 6.32. The Morgan fingerprint density at radius 3 is 3.04 bits per heavy atom. The number of imidazole rings is 1. The summed E-state index contributed by atoms with van der Waals surface area (Å²) in [6.45, 7) is 0.162. The van der Waals surface area contributed by atoms with Crippen LogP contribution in [0.3, 0.4) is 0 Å². The predicted octanol–water partition coefficient (Wildman–Crippen LogP) is 2.71. The molecule has 24 heavy (non-hydrogen) atoms. The van der Waals surface area contributed by atoms with Gasteiger partial charge in [-0.2, -0.15) is 0 Å². The van der Waals surface area contributed by atoms with Crippen molar-refractivity contribution in [1.82, 2.24) is 9.55 Å². The maximum atomic E-state index is 6.32. The van der Waals surface area contributed by atoms with Gasteiger partial charge < -0.3 is 15.2 Å². The van der Waals surface area contributed by atoms with Crippen molar-refractivity contribution in [2.45, 2.75) is 6.17 Å². The third kappa shape index (κ3) is 1.85. The minimum absolute atomic E-state index is 0.162. The molecule has 3 N–H and O–H groups in total. The molecule has 0 aliphatic carbocycles. The van der Waals surface area contributed by atoms with Crippen molar-refractivity contribution in [1.29, 1.82) is 0 Å². The summed E-state index contributed by atoms with van der Waals surface area (Å²) >= 11 is 6.32. The van der Waals surface area contributed by atoms with Crippen LogP contribution in [-0.2, 0) is 0 Å². The van der Waals surface area contributed by atoms with Gasteiger partial charge in [0.25, 0.3) is 0 Å². The molecule has 0 bridgehead atoms. The van der Waals surface area contributed by atoms with Crippen molar-refractivity contribution in [2.75, 3.05) is 12.1 Å². The van der Waals surface area contributed by atoms with E-state index < -0.39 is 0 Å². The van der Waals surface area contributed by atoms with Crippen molar-refractivity contribution in [3.63, 3.8) is 0 Å². The van der Waals surface area contributed by atoms with Crippen molar-refractivity contribution >= 4 is 34.5 Å². The number of benzene rings is 2. The summed E-state index contributed by atoms with van der Waals surface area (Å²) in [6, 6.07) is 11.5. The SMILES string of the molecule is NC1=NC(c2cc(Cl)c3c(c2)OCO3)n2c(nc3ccccc32)N1. The molecule has 0 saturated carbocycles. The Balaban J connectivity index is 1.74. The zero-order valence-corrected chi connectivity index (χ0v) is 13.1. The van der Waals surface area contributed by atoms with Gasteiger partial charge in [-0.05, 0) is 24.3 Å². The quantitative estimate of drug-likeness (QED) is 0.710. The fraction of sp³-hybridized carbons (Fsp3) is 0.125. The van der Waals surface area contributed by atoms with Crippen LogP contribution in [0.25, 0.3) is 11.0 Å².